The van der Waals surface area contributed by atoms with Gasteiger partial charge in [-0.1, -0.05) is 18.2 Å². The molecule has 1 aliphatic heterocycles. The SMILES string of the molecule is CN(C(=O)Cc1cnc2ccccc2c1)c1ccc(N2CCOCC2)nc1. The maximum Gasteiger partial charge on any atom is 0.231 e. The van der Waals surface area contributed by atoms with E-state index in [1.165, 1.54) is 0 Å². The smallest absolute Gasteiger partial charge is 0.231 e. The third kappa shape index (κ3) is 3.90. The number of benzene rings is 1. The fourth-order valence-corrected chi connectivity index (χ4v) is 3.21. The van der Waals surface area contributed by atoms with Gasteiger partial charge in [0.25, 0.3) is 0 Å². The number of amides is 1. The van der Waals surface area contributed by atoms with E-state index in [1.807, 2.05) is 42.5 Å². The van der Waals surface area contributed by atoms with Crippen molar-refractivity contribution in [1.29, 1.82) is 0 Å². The molecule has 0 radical (unpaired) electrons. The number of morpholine rings is 1. The summed E-state index contributed by atoms with van der Waals surface area (Å²) >= 11 is 0. The number of likely N-dealkylation sites (N-methyl/N-ethyl adjacent to an activating group) is 1. The molecule has 4 rings (SSSR count). The molecule has 2 aromatic heterocycles. The van der Waals surface area contributed by atoms with E-state index in [2.05, 4.69) is 14.9 Å². The average Bonchev–Trinajstić information content (AvgIpc) is 2.74. The van der Waals surface area contributed by atoms with Crippen LogP contribution in [0.4, 0.5) is 11.5 Å². The molecule has 3 heterocycles. The van der Waals surface area contributed by atoms with E-state index < -0.39 is 0 Å². The highest BCUT2D eigenvalue weighted by Crippen LogP contribution is 2.19. The van der Waals surface area contributed by atoms with Gasteiger partial charge in [-0.2, -0.15) is 0 Å². The zero-order chi connectivity index (χ0) is 18.6. The molecule has 6 nitrogen and oxygen atoms in total. The minimum Gasteiger partial charge on any atom is -0.378 e. The van der Waals surface area contributed by atoms with Gasteiger partial charge in [0.05, 0.1) is 37.0 Å². The summed E-state index contributed by atoms with van der Waals surface area (Å²) in [4.78, 5) is 25.5. The quantitative estimate of drug-likeness (QED) is 0.714. The first-order valence-corrected chi connectivity index (χ1v) is 9.10. The molecule has 0 N–H and O–H groups in total. The van der Waals surface area contributed by atoms with Gasteiger partial charge >= 0.3 is 0 Å². The fourth-order valence-electron chi connectivity index (χ4n) is 3.21. The third-order valence-corrected chi connectivity index (χ3v) is 4.83. The predicted octanol–water partition coefficient (Wildman–Crippen LogP) is 2.67. The zero-order valence-electron chi connectivity index (χ0n) is 15.3. The van der Waals surface area contributed by atoms with Gasteiger partial charge in [-0.15, -0.1) is 0 Å². The molecule has 1 amide bonds. The van der Waals surface area contributed by atoms with Crippen LogP contribution in [0.3, 0.4) is 0 Å². The first-order valence-electron chi connectivity index (χ1n) is 9.10. The van der Waals surface area contributed by atoms with Crippen molar-refractivity contribution in [2.75, 3.05) is 43.2 Å². The van der Waals surface area contributed by atoms with Gasteiger partial charge in [0, 0.05) is 31.7 Å². The highest BCUT2D eigenvalue weighted by Gasteiger charge is 2.15. The lowest BCUT2D eigenvalue weighted by molar-refractivity contribution is -0.117. The number of hydrogen-bond acceptors (Lipinski definition) is 5. The molecule has 0 unspecified atom stereocenters. The Kier molecular flexibility index (Phi) is 4.98. The van der Waals surface area contributed by atoms with Crippen LogP contribution in [0.15, 0.2) is 54.9 Å². The first-order chi connectivity index (χ1) is 13.2. The van der Waals surface area contributed by atoms with Gasteiger partial charge in [-0.25, -0.2) is 4.98 Å². The summed E-state index contributed by atoms with van der Waals surface area (Å²) in [5.74, 6) is 0.926. The van der Waals surface area contributed by atoms with Crippen molar-refractivity contribution in [3.8, 4) is 0 Å². The zero-order valence-corrected chi connectivity index (χ0v) is 15.3. The molecular weight excluding hydrogens is 340 g/mol. The standard InChI is InChI=1S/C21H22N4O2/c1-24(18-6-7-20(23-15-18)25-8-10-27-11-9-25)21(26)13-16-12-17-4-2-3-5-19(17)22-14-16/h2-7,12,14-15H,8-11,13H2,1H3. The number of ether oxygens (including phenoxy) is 1. The molecular formula is C21H22N4O2. The van der Waals surface area contributed by atoms with E-state index in [0.29, 0.717) is 6.42 Å². The lowest BCUT2D eigenvalue weighted by Crippen LogP contribution is -2.36. The van der Waals surface area contributed by atoms with Crippen molar-refractivity contribution in [2.45, 2.75) is 6.42 Å². The van der Waals surface area contributed by atoms with Crippen LogP contribution in [0.25, 0.3) is 10.9 Å². The van der Waals surface area contributed by atoms with Gasteiger partial charge in [-0.3, -0.25) is 9.78 Å². The number of fused-ring (bicyclic) bond motifs is 1. The second-order valence-electron chi connectivity index (χ2n) is 6.64. The van der Waals surface area contributed by atoms with Gasteiger partial charge in [0.2, 0.25) is 5.91 Å². The van der Waals surface area contributed by atoms with E-state index in [9.17, 15) is 4.79 Å². The summed E-state index contributed by atoms with van der Waals surface area (Å²) in [6.45, 7) is 3.13. The van der Waals surface area contributed by atoms with Crippen LogP contribution >= 0.6 is 0 Å². The van der Waals surface area contributed by atoms with Crippen LogP contribution in [0.1, 0.15) is 5.56 Å². The average molecular weight is 362 g/mol. The first kappa shape index (κ1) is 17.4. The second-order valence-corrected chi connectivity index (χ2v) is 6.64. The summed E-state index contributed by atoms with van der Waals surface area (Å²) in [6, 6.07) is 13.8. The molecule has 27 heavy (non-hydrogen) atoms. The topological polar surface area (TPSA) is 58.6 Å². The van der Waals surface area contributed by atoms with E-state index in [1.54, 1.807) is 24.3 Å². The summed E-state index contributed by atoms with van der Waals surface area (Å²) in [6.07, 6.45) is 3.83. The maximum absolute atomic E-state index is 12.7. The normalized spacial score (nSPS) is 14.3. The highest BCUT2D eigenvalue weighted by molar-refractivity contribution is 5.94. The monoisotopic (exact) mass is 362 g/mol. The van der Waals surface area contributed by atoms with E-state index in [0.717, 1.165) is 54.3 Å². The summed E-state index contributed by atoms with van der Waals surface area (Å²) in [7, 11) is 1.78. The lowest BCUT2D eigenvalue weighted by Gasteiger charge is -2.28. The predicted molar refractivity (Wildman–Crippen MR) is 106 cm³/mol. The van der Waals surface area contributed by atoms with Crippen molar-refractivity contribution >= 4 is 28.3 Å². The van der Waals surface area contributed by atoms with Gasteiger partial charge in [0.15, 0.2) is 0 Å². The molecule has 6 heteroatoms. The Balaban J connectivity index is 1.44. The molecule has 0 atom stereocenters. The van der Waals surface area contributed by atoms with Crippen LogP contribution in [-0.2, 0) is 16.0 Å². The van der Waals surface area contributed by atoms with Crippen molar-refractivity contribution in [3.63, 3.8) is 0 Å². The highest BCUT2D eigenvalue weighted by atomic mass is 16.5. The van der Waals surface area contributed by atoms with Gasteiger partial charge < -0.3 is 14.5 Å². The molecule has 3 aromatic rings. The lowest BCUT2D eigenvalue weighted by atomic mass is 10.1. The number of hydrogen-bond donors (Lipinski definition) is 0. The Bertz CT molecular complexity index is 936. The Morgan fingerprint density at radius 1 is 1.11 bits per heavy atom. The Labute approximate surface area is 158 Å². The van der Waals surface area contributed by atoms with Crippen LogP contribution in [-0.4, -0.2) is 49.2 Å². The van der Waals surface area contributed by atoms with Gasteiger partial charge in [-0.05, 0) is 29.8 Å². The molecule has 0 aliphatic carbocycles. The number of carbonyl (C=O) groups is 1. The molecule has 0 saturated carbocycles. The van der Waals surface area contributed by atoms with Crippen LogP contribution in [0.2, 0.25) is 0 Å². The Hall–Kier alpha value is -2.99. The van der Waals surface area contributed by atoms with E-state index >= 15 is 0 Å². The fraction of sp³-hybridized carbons (Fsp3) is 0.286. The second kappa shape index (κ2) is 7.72. The Morgan fingerprint density at radius 2 is 1.93 bits per heavy atom. The van der Waals surface area contributed by atoms with Crippen LogP contribution in [0.5, 0.6) is 0 Å². The number of carbonyl (C=O) groups excluding carboxylic acids is 1. The number of aromatic nitrogens is 2. The van der Waals surface area contributed by atoms with Crippen molar-refractivity contribution in [2.24, 2.45) is 0 Å². The summed E-state index contributed by atoms with van der Waals surface area (Å²) in [5, 5.41) is 1.04. The minimum atomic E-state index is 0.00741. The van der Waals surface area contributed by atoms with E-state index in [4.69, 9.17) is 4.74 Å². The molecule has 1 saturated heterocycles. The molecule has 1 aromatic carbocycles. The van der Waals surface area contributed by atoms with Crippen molar-refractivity contribution in [1.82, 2.24) is 9.97 Å². The molecule has 0 bridgehead atoms. The van der Waals surface area contributed by atoms with Crippen LogP contribution in [0, 0.1) is 0 Å². The van der Waals surface area contributed by atoms with E-state index in [-0.39, 0.29) is 5.91 Å². The Morgan fingerprint density at radius 3 is 2.70 bits per heavy atom. The number of pyridine rings is 2. The molecule has 138 valence electrons. The molecule has 1 fully saturated rings. The molecule has 0 spiro atoms. The number of anilines is 2. The van der Waals surface area contributed by atoms with Crippen LogP contribution < -0.4 is 9.80 Å². The molecule has 1 aliphatic rings. The largest absolute Gasteiger partial charge is 0.378 e. The third-order valence-electron chi connectivity index (χ3n) is 4.83. The number of nitrogens with zero attached hydrogens (tertiary/aromatic N) is 4. The number of para-hydroxylation sites is 1. The van der Waals surface area contributed by atoms with Crippen molar-refractivity contribution in [3.05, 3.63) is 60.4 Å². The van der Waals surface area contributed by atoms with Crippen molar-refractivity contribution < 1.29 is 9.53 Å². The van der Waals surface area contributed by atoms with Gasteiger partial charge in [0.1, 0.15) is 5.82 Å². The minimum absolute atomic E-state index is 0.00741. The summed E-state index contributed by atoms with van der Waals surface area (Å²) in [5.41, 5.74) is 2.62. The summed E-state index contributed by atoms with van der Waals surface area (Å²) < 4.78 is 5.37. The maximum atomic E-state index is 12.7. The number of rotatable bonds is 4.